The van der Waals surface area contributed by atoms with Crippen molar-refractivity contribution in [1.82, 2.24) is 19.7 Å². The number of piperazine rings is 1. The Morgan fingerprint density at radius 3 is 2.21 bits per heavy atom. The molecule has 2 aromatic carbocycles. The van der Waals surface area contributed by atoms with Gasteiger partial charge in [-0.3, -0.25) is 4.90 Å². The van der Waals surface area contributed by atoms with Gasteiger partial charge in [0.1, 0.15) is 17.1 Å². The number of carbonyl (C=O) groups excluding carboxylic acids is 1. The van der Waals surface area contributed by atoms with Crippen molar-refractivity contribution in [1.29, 1.82) is 0 Å². The number of hydrogen-bond donors (Lipinski definition) is 0. The lowest BCUT2D eigenvalue weighted by Crippen LogP contribution is -2.47. The van der Waals surface area contributed by atoms with Crippen LogP contribution in [0.15, 0.2) is 71.5 Å². The predicted octanol–water partition coefficient (Wildman–Crippen LogP) is 6.23. The molecule has 0 bridgehead atoms. The first kappa shape index (κ1) is 26.6. The standard InChI is InChI=1S/C30H33FN4O4/c1-21-13-18-37-28(21)27-24(20-33-14-16-34(17-15-33)39-29(36)38-30(2,3)4)19-32-35(27)26-11-7-23(8-12-26)22-5-9-25(31)10-6-22/h5-13,18-19H,14-17,20H2,1-4H3. The fourth-order valence-electron chi connectivity index (χ4n) is 4.58. The van der Waals surface area contributed by atoms with Crippen molar-refractivity contribution in [3.05, 3.63) is 84.0 Å². The van der Waals surface area contributed by atoms with E-state index in [0.29, 0.717) is 19.6 Å². The zero-order chi connectivity index (χ0) is 27.6. The van der Waals surface area contributed by atoms with Gasteiger partial charge in [-0.05, 0) is 74.7 Å². The number of nitrogens with zero attached hydrogens (tertiary/aromatic N) is 4. The van der Waals surface area contributed by atoms with Gasteiger partial charge in [0.05, 0.1) is 18.1 Å². The molecular weight excluding hydrogens is 499 g/mol. The van der Waals surface area contributed by atoms with Gasteiger partial charge in [-0.2, -0.15) is 5.10 Å². The molecule has 39 heavy (non-hydrogen) atoms. The lowest BCUT2D eigenvalue weighted by molar-refractivity contribution is -0.158. The predicted molar refractivity (Wildman–Crippen MR) is 146 cm³/mol. The maximum Gasteiger partial charge on any atom is 0.528 e. The second-order valence-corrected chi connectivity index (χ2v) is 10.7. The van der Waals surface area contributed by atoms with E-state index in [4.69, 9.17) is 19.1 Å². The Kier molecular flexibility index (Phi) is 7.54. The number of aromatic nitrogens is 2. The van der Waals surface area contributed by atoms with E-state index in [1.54, 1.807) is 23.5 Å². The molecule has 1 saturated heterocycles. The van der Waals surface area contributed by atoms with Crippen LogP contribution in [0.2, 0.25) is 0 Å². The molecule has 2 aromatic heterocycles. The number of carbonyl (C=O) groups is 1. The average molecular weight is 533 g/mol. The van der Waals surface area contributed by atoms with Gasteiger partial charge in [-0.15, -0.1) is 5.06 Å². The third-order valence-corrected chi connectivity index (χ3v) is 6.53. The van der Waals surface area contributed by atoms with Crippen LogP contribution < -0.4 is 0 Å². The van der Waals surface area contributed by atoms with E-state index in [0.717, 1.165) is 52.5 Å². The van der Waals surface area contributed by atoms with Crippen molar-refractivity contribution in [3.8, 4) is 28.3 Å². The van der Waals surface area contributed by atoms with E-state index < -0.39 is 11.8 Å². The maximum absolute atomic E-state index is 13.3. The first-order valence-electron chi connectivity index (χ1n) is 13.0. The number of furan rings is 1. The molecule has 0 radical (unpaired) electrons. The Balaban J connectivity index is 1.32. The first-order chi connectivity index (χ1) is 18.7. The monoisotopic (exact) mass is 532 g/mol. The summed E-state index contributed by atoms with van der Waals surface area (Å²) in [7, 11) is 0. The minimum absolute atomic E-state index is 0.255. The molecule has 1 fully saturated rings. The Bertz CT molecular complexity index is 1410. The molecule has 1 aliphatic heterocycles. The lowest BCUT2D eigenvalue weighted by atomic mass is 10.1. The third kappa shape index (κ3) is 6.38. The van der Waals surface area contributed by atoms with Crippen LogP contribution in [0.1, 0.15) is 31.9 Å². The van der Waals surface area contributed by atoms with Gasteiger partial charge in [0.15, 0.2) is 5.76 Å². The van der Waals surface area contributed by atoms with Crippen LogP contribution in [0, 0.1) is 12.7 Å². The van der Waals surface area contributed by atoms with Crippen LogP contribution in [0.3, 0.4) is 0 Å². The topological polar surface area (TPSA) is 73.0 Å². The smallest absolute Gasteiger partial charge is 0.462 e. The number of aryl methyl sites for hydroxylation is 1. The molecule has 0 aliphatic carbocycles. The minimum Gasteiger partial charge on any atom is -0.462 e. The molecule has 1 aliphatic rings. The van der Waals surface area contributed by atoms with Crippen LogP contribution in [-0.2, 0) is 16.1 Å². The average Bonchev–Trinajstić information content (AvgIpc) is 3.50. The molecule has 0 saturated carbocycles. The van der Waals surface area contributed by atoms with Gasteiger partial charge >= 0.3 is 6.16 Å². The van der Waals surface area contributed by atoms with Gasteiger partial charge in [0, 0.05) is 38.3 Å². The summed E-state index contributed by atoms with van der Waals surface area (Å²) in [5.74, 6) is 0.520. The van der Waals surface area contributed by atoms with Crippen LogP contribution in [0.5, 0.6) is 0 Å². The van der Waals surface area contributed by atoms with E-state index in [1.807, 2.05) is 68.9 Å². The summed E-state index contributed by atoms with van der Waals surface area (Å²) >= 11 is 0. The van der Waals surface area contributed by atoms with Crippen molar-refractivity contribution in [2.45, 2.75) is 39.8 Å². The Morgan fingerprint density at radius 2 is 1.62 bits per heavy atom. The number of benzene rings is 2. The zero-order valence-electron chi connectivity index (χ0n) is 22.7. The minimum atomic E-state index is -0.682. The van der Waals surface area contributed by atoms with Gasteiger partial charge in [0.2, 0.25) is 0 Å². The summed E-state index contributed by atoms with van der Waals surface area (Å²) in [6.45, 7) is 10.7. The summed E-state index contributed by atoms with van der Waals surface area (Å²) in [6, 6.07) is 16.4. The van der Waals surface area contributed by atoms with E-state index in [-0.39, 0.29) is 5.82 Å². The number of halogens is 1. The van der Waals surface area contributed by atoms with Crippen molar-refractivity contribution < 1.29 is 23.2 Å². The fourth-order valence-corrected chi connectivity index (χ4v) is 4.58. The van der Waals surface area contributed by atoms with Gasteiger partial charge < -0.3 is 14.0 Å². The highest BCUT2D eigenvalue weighted by Crippen LogP contribution is 2.32. The Morgan fingerprint density at radius 1 is 0.974 bits per heavy atom. The molecule has 0 spiro atoms. The molecule has 0 N–H and O–H groups in total. The van der Waals surface area contributed by atoms with Crippen molar-refractivity contribution in [2.75, 3.05) is 26.2 Å². The quantitative estimate of drug-likeness (QED) is 0.273. The molecule has 9 heteroatoms. The Labute approximate surface area is 227 Å². The van der Waals surface area contributed by atoms with Gasteiger partial charge in [-0.25, -0.2) is 13.9 Å². The van der Waals surface area contributed by atoms with E-state index in [9.17, 15) is 9.18 Å². The number of hydroxylamine groups is 2. The van der Waals surface area contributed by atoms with Crippen LogP contribution in [0.25, 0.3) is 28.3 Å². The van der Waals surface area contributed by atoms with Crippen LogP contribution in [0.4, 0.5) is 9.18 Å². The summed E-state index contributed by atoms with van der Waals surface area (Å²) in [6.07, 6.45) is 2.89. The molecule has 204 valence electrons. The Hall–Kier alpha value is -3.95. The second kappa shape index (κ2) is 11.0. The van der Waals surface area contributed by atoms with Crippen molar-refractivity contribution >= 4 is 6.16 Å². The molecule has 0 atom stereocenters. The normalized spacial score (nSPS) is 14.9. The molecular formula is C30H33FN4O4. The van der Waals surface area contributed by atoms with Crippen molar-refractivity contribution in [3.63, 3.8) is 0 Å². The SMILES string of the molecule is Cc1ccoc1-c1c(CN2CCN(OC(=O)OC(C)(C)C)CC2)cnn1-c1ccc(-c2ccc(F)cc2)cc1. The highest BCUT2D eigenvalue weighted by atomic mass is 19.1. The van der Waals surface area contributed by atoms with Gasteiger partial charge in [0.25, 0.3) is 0 Å². The van der Waals surface area contributed by atoms with E-state index in [1.165, 1.54) is 12.1 Å². The highest BCUT2D eigenvalue weighted by Gasteiger charge is 2.26. The summed E-state index contributed by atoms with van der Waals surface area (Å²) in [5.41, 5.74) is 5.21. The lowest BCUT2D eigenvalue weighted by Gasteiger charge is -2.33. The molecule has 8 nitrogen and oxygen atoms in total. The van der Waals surface area contributed by atoms with Crippen LogP contribution in [-0.4, -0.2) is 57.7 Å². The summed E-state index contributed by atoms with van der Waals surface area (Å²) in [4.78, 5) is 19.7. The van der Waals surface area contributed by atoms with Crippen LogP contribution >= 0.6 is 0 Å². The number of rotatable bonds is 6. The number of hydrogen-bond acceptors (Lipinski definition) is 7. The maximum atomic E-state index is 13.3. The molecule has 4 aromatic rings. The fraction of sp³-hybridized carbons (Fsp3) is 0.333. The van der Waals surface area contributed by atoms with E-state index >= 15 is 0 Å². The van der Waals surface area contributed by atoms with Crippen molar-refractivity contribution in [2.24, 2.45) is 0 Å². The molecule has 0 unspecified atom stereocenters. The summed E-state index contributed by atoms with van der Waals surface area (Å²) < 4.78 is 26.4. The second-order valence-electron chi connectivity index (χ2n) is 10.7. The molecule has 0 amide bonds. The number of ether oxygens (including phenoxy) is 1. The van der Waals surface area contributed by atoms with E-state index in [2.05, 4.69) is 4.90 Å². The summed E-state index contributed by atoms with van der Waals surface area (Å²) in [5, 5.41) is 6.38. The highest BCUT2D eigenvalue weighted by molar-refractivity contribution is 5.67. The third-order valence-electron chi connectivity index (χ3n) is 6.53. The molecule has 5 rings (SSSR count). The molecule has 3 heterocycles. The zero-order valence-corrected chi connectivity index (χ0v) is 22.7. The first-order valence-corrected chi connectivity index (χ1v) is 13.0. The van der Waals surface area contributed by atoms with Gasteiger partial charge in [-0.1, -0.05) is 24.3 Å². The largest absolute Gasteiger partial charge is 0.528 e.